The fraction of sp³-hybridized carbons (Fsp3) is 0.250. The number of fused-ring (bicyclic) bond motifs is 1. The molecule has 0 unspecified atom stereocenters. The van der Waals surface area contributed by atoms with Crippen molar-refractivity contribution in [2.45, 2.75) is 6.54 Å². The minimum absolute atomic E-state index is 0.925. The van der Waals surface area contributed by atoms with E-state index in [0.717, 1.165) is 25.0 Å². The Kier molecular flexibility index (Phi) is 1.95. The molecule has 1 aliphatic rings. The van der Waals surface area contributed by atoms with E-state index >= 15 is 0 Å². The van der Waals surface area contributed by atoms with Crippen molar-refractivity contribution < 1.29 is 4.42 Å². The molecule has 0 amide bonds. The second kappa shape index (κ2) is 3.42. The summed E-state index contributed by atoms with van der Waals surface area (Å²) >= 11 is 0. The lowest BCUT2D eigenvalue weighted by atomic mass is 10.1. The number of aliphatic imine (C=N–C) groups is 1. The lowest BCUT2D eigenvalue weighted by molar-refractivity contribution is 0.463. The third-order valence-corrected chi connectivity index (χ3v) is 2.69. The van der Waals surface area contributed by atoms with Gasteiger partial charge in [-0.25, -0.2) is 0 Å². The first-order chi connectivity index (χ1) is 7.42. The molecule has 0 saturated heterocycles. The molecule has 3 rings (SSSR count). The zero-order valence-electron chi connectivity index (χ0n) is 8.39. The van der Waals surface area contributed by atoms with Gasteiger partial charge < -0.3 is 9.32 Å². The van der Waals surface area contributed by atoms with E-state index < -0.39 is 0 Å². The van der Waals surface area contributed by atoms with E-state index in [9.17, 15) is 0 Å². The Balaban J connectivity index is 1.87. The summed E-state index contributed by atoms with van der Waals surface area (Å²) in [6.45, 7) is 2.89. The van der Waals surface area contributed by atoms with Crippen LogP contribution in [0.2, 0.25) is 0 Å². The van der Waals surface area contributed by atoms with Gasteiger partial charge in [-0.2, -0.15) is 0 Å². The van der Waals surface area contributed by atoms with Crippen LogP contribution in [0.5, 0.6) is 0 Å². The Morgan fingerprint density at radius 1 is 1.27 bits per heavy atom. The molecule has 76 valence electrons. The van der Waals surface area contributed by atoms with Crippen LogP contribution in [0.15, 0.2) is 40.1 Å². The van der Waals surface area contributed by atoms with E-state index in [0.29, 0.717) is 0 Å². The van der Waals surface area contributed by atoms with Crippen LogP contribution in [0, 0.1) is 0 Å². The number of hydrogen-bond donors (Lipinski definition) is 0. The van der Waals surface area contributed by atoms with E-state index in [-0.39, 0.29) is 0 Å². The van der Waals surface area contributed by atoms with Crippen molar-refractivity contribution in [3.05, 3.63) is 36.3 Å². The summed E-state index contributed by atoms with van der Waals surface area (Å²) in [6.07, 6.45) is 5.49. The zero-order valence-corrected chi connectivity index (χ0v) is 8.39. The number of hydrogen-bond acceptors (Lipinski definition) is 3. The van der Waals surface area contributed by atoms with Crippen LogP contribution in [-0.4, -0.2) is 24.3 Å². The fourth-order valence-corrected chi connectivity index (χ4v) is 1.88. The first kappa shape index (κ1) is 8.53. The van der Waals surface area contributed by atoms with Crippen molar-refractivity contribution in [1.29, 1.82) is 0 Å². The van der Waals surface area contributed by atoms with E-state index in [1.165, 1.54) is 10.9 Å². The average Bonchev–Trinajstić information content (AvgIpc) is 2.87. The smallest absolute Gasteiger partial charge is 0.0981 e. The molecule has 1 aromatic heterocycles. The highest BCUT2D eigenvalue weighted by Gasteiger charge is 2.06. The van der Waals surface area contributed by atoms with Crippen LogP contribution in [-0.2, 0) is 6.54 Å². The molecule has 3 heteroatoms. The van der Waals surface area contributed by atoms with Crippen molar-refractivity contribution in [2.24, 2.45) is 4.99 Å². The van der Waals surface area contributed by atoms with Crippen molar-refractivity contribution in [1.82, 2.24) is 4.90 Å². The quantitative estimate of drug-likeness (QED) is 0.744. The molecule has 0 atom stereocenters. The maximum atomic E-state index is 5.15. The van der Waals surface area contributed by atoms with Gasteiger partial charge in [-0.05, 0) is 11.6 Å². The van der Waals surface area contributed by atoms with Crippen LogP contribution in [0.1, 0.15) is 5.56 Å². The molecule has 15 heavy (non-hydrogen) atoms. The second-order valence-electron chi connectivity index (χ2n) is 3.83. The number of rotatable bonds is 2. The van der Waals surface area contributed by atoms with Gasteiger partial charge in [0.2, 0.25) is 0 Å². The molecule has 0 fully saturated rings. The maximum Gasteiger partial charge on any atom is 0.0981 e. The third-order valence-electron chi connectivity index (χ3n) is 2.69. The summed E-state index contributed by atoms with van der Waals surface area (Å²) in [4.78, 5) is 6.42. The Labute approximate surface area is 88.0 Å². The van der Waals surface area contributed by atoms with Gasteiger partial charge in [0.05, 0.1) is 25.4 Å². The Morgan fingerprint density at radius 2 is 2.20 bits per heavy atom. The minimum Gasteiger partial charge on any atom is -0.471 e. The first-order valence-corrected chi connectivity index (χ1v) is 5.11. The summed E-state index contributed by atoms with van der Waals surface area (Å²) in [5.41, 5.74) is 1.30. The molecular weight excluding hydrogens is 188 g/mol. The fourth-order valence-electron chi connectivity index (χ4n) is 1.88. The predicted molar refractivity (Wildman–Crippen MR) is 60.0 cm³/mol. The molecule has 0 radical (unpaired) electrons. The summed E-state index contributed by atoms with van der Waals surface area (Å²) < 4.78 is 5.15. The van der Waals surface area contributed by atoms with E-state index in [1.54, 1.807) is 12.5 Å². The number of nitrogens with zero attached hydrogens (tertiary/aromatic N) is 2. The largest absolute Gasteiger partial charge is 0.471 e. The monoisotopic (exact) mass is 200 g/mol. The molecule has 2 aromatic rings. The van der Waals surface area contributed by atoms with Gasteiger partial charge in [0.1, 0.15) is 0 Å². The van der Waals surface area contributed by atoms with Crippen LogP contribution < -0.4 is 0 Å². The van der Waals surface area contributed by atoms with Crippen LogP contribution in [0.25, 0.3) is 10.8 Å². The van der Waals surface area contributed by atoms with Gasteiger partial charge in [-0.1, -0.05) is 12.1 Å². The zero-order chi connectivity index (χ0) is 10.1. The normalized spacial score (nSPS) is 15.3. The highest BCUT2D eigenvalue weighted by Crippen LogP contribution is 2.18. The average molecular weight is 200 g/mol. The van der Waals surface area contributed by atoms with E-state index in [2.05, 4.69) is 28.1 Å². The topological polar surface area (TPSA) is 28.7 Å². The minimum atomic E-state index is 0.925. The molecule has 1 aromatic carbocycles. The number of furan rings is 1. The Hall–Kier alpha value is -1.77. The molecule has 2 heterocycles. The summed E-state index contributed by atoms with van der Waals surface area (Å²) in [5.74, 6) is 0. The maximum absolute atomic E-state index is 5.15. The van der Waals surface area contributed by atoms with Crippen molar-refractivity contribution in [2.75, 3.05) is 13.1 Å². The molecule has 0 bridgehead atoms. The summed E-state index contributed by atoms with van der Waals surface area (Å²) in [5, 5.41) is 2.33. The predicted octanol–water partition coefficient (Wildman–Crippen LogP) is 2.28. The van der Waals surface area contributed by atoms with Gasteiger partial charge in [-0.3, -0.25) is 4.99 Å². The van der Waals surface area contributed by atoms with Crippen molar-refractivity contribution in [3.63, 3.8) is 0 Å². The molecule has 0 saturated carbocycles. The molecule has 1 aliphatic heterocycles. The first-order valence-electron chi connectivity index (χ1n) is 5.11. The molecule has 0 spiro atoms. The molecule has 3 nitrogen and oxygen atoms in total. The Morgan fingerprint density at radius 3 is 3.07 bits per heavy atom. The van der Waals surface area contributed by atoms with Crippen molar-refractivity contribution in [3.8, 4) is 0 Å². The van der Waals surface area contributed by atoms with Gasteiger partial charge >= 0.3 is 0 Å². The SMILES string of the molecule is C1=NCCN1Cc1ccc2cocc2c1. The van der Waals surface area contributed by atoms with Gasteiger partial charge in [0.25, 0.3) is 0 Å². The highest BCUT2D eigenvalue weighted by atomic mass is 16.3. The van der Waals surface area contributed by atoms with E-state index in [1.807, 2.05) is 6.34 Å². The lowest BCUT2D eigenvalue weighted by Gasteiger charge is -2.13. The standard InChI is InChI=1S/C12H12N2O/c1-2-11-7-15-8-12(11)5-10(1)6-14-4-3-13-9-14/h1-2,5,7-9H,3-4,6H2. The summed E-state index contributed by atoms with van der Waals surface area (Å²) in [7, 11) is 0. The molecule has 0 aliphatic carbocycles. The van der Waals surface area contributed by atoms with Gasteiger partial charge in [-0.15, -0.1) is 0 Å². The lowest BCUT2D eigenvalue weighted by Crippen LogP contribution is -2.18. The number of benzene rings is 1. The third kappa shape index (κ3) is 1.61. The second-order valence-corrected chi connectivity index (χ2v) is 3.83. The highest BCUT2D eigenvalue weighted by molar-refractivity contribution is 5.81. The Bertz CT molecular complexity index is 501. The molecular formula is C12H12N2O. The van der Waals surface area contributed by atoms with E-state index in [4.69, 9.17) is 4.42 Å². The summed E-state index contributed by atoms with van der Waals surface area (Å²) in [6, 6.07) is 6.41. The van der Waals surface area contributed by atoms with Crippen LogP contribution >= 0.6 is 0 Å². The van der Waals surface area contributed by atoms with Gasteiger partial charge in [0.15, 0.2) is 0 Å². The van der Waals surface area contributed by atoms with Crippen LogP contribution in [0.4, 0.5) is 0 Å². The van der Waals surface area contributed by atoms with Crippen molar-refractivity contribution >= 4 is 17.1 Å². The van der Waals surface area contributed by atoms with Crippen LogP contribution in [0.3, 0.4) is 0 Å². The molecule has 0 N–H and O–H groups in total. The van der Waals surface area contributed by atoms with Gasteiger partial charge in [0, 0.05) is 23.9 Å².